The summed E-state index contributed by atoms with van der Waals surface area (Å²) in [5, 5.41) is 4.89. The molecule has 25 heavy (non-hydrogen) atoms. The lowest BCUT2D eigenvalue weighted by atomic mass is 10.2. The number of alkyl carbamates (subject to hydrolysis) is 1. The highest BCUT2D eigenvalue weighted by Gasteiger charge is 2.37. The molecule has 1 fully saturated rings. The lowest BCUT2D eigenvalue weighted by molar-refractivity contribution is -0.139. The molecule has 0 aromatic rings. The first-order valence-corrected chi connectivity index (χ1v) is 8.04. The average molecular weight is 354 g/mol. The van der Waals surface area contributed by atoms with Crippen LogP contribution >= 0.6 is 0 Å². The van der Waals surface area contributed by atoms with Crippen molar-refractivity contribution in [1.82, 2.24) is 15.5 Å². The lowest BCUT2D eigenvalue weighted by Crippen LogP contribution is -2.56. The molecule has 1 aliphatic rings. The van der Waals surface area contributed by atoms with Crippen molar-refractivity contribution in [2.24, 2.45) is 5.73 Å². The predicted octanol–water partition coefficient (Wildman–Crippen LogP) is -0.342. The number of primary amides is 1. The van der Waals surface area contributed by atoms with E-state index in [4.69, 9.17) is 10.5 Å². The fourth-order valence-corrected chi connectivity index (χ4v) is 2.45. The van der Waals surface area contributed by atoms with Gasteiger partial charge in [-0.05, 0) is 39.7 Å². The summed E-state index contributed by atoms with van der Waals surface area (Å²) in [7, 11) is 0. The Labute approximate surface area is 146 Å². The SMILES string of the molecule is C=CC(=O)NC[C@H](NC(=O)OC(C)(C)C)C(=O)N1CCCC1C(N)=O. The quantitative estimate of drug-likeness (QED) is 0.562. The average Bonchev–Trinajstić information content (AvgIpc) is 2.98. The Kier molecular flexibility index (Phi) is 6.96. The van der Waals surface area contributed by atoms with Gasteiger partial charge in [0.15, 0.2) is 0 Å². The van der Waals surface area contributed by atoms with Crippen molar-refractivity contribution in [2.45, 2.75) is 51.3 Å². The number of carbonyl (C=O) groups is 4. The zero-order chi connectivity index (χ0) is 19.2. The van der Waals surface area contributed by atoms with Gasteiger partial charge >= 0.3 is 6.09 Å². The molecule has 0 aromatic carbocycles. The maximum absolute atomic E-state index is 12.7. The van der Waals surface area contributed by atoms with E-state index in [2.05, 4.69) is 17.2 Å². The molecule has 1 unspecified atom stereocenters. The minimum Gasteiger partial charge on any atom is -0.444 e. The van der Waals surface area contributed by atoms with Gasteiger partial charge in [-0.1, -0.05) is 6.58 Å². The minimum atomic E-state index is -1.08. The third-order valence-electron chi connectivity index (χ3n) is 3.52. The number of hydrogen-bond acceptors (Lipinski definition) is 5. The van der Waals surface area contributed by atoms with Crippen LogP contribution in [0.15, 0.2) is 12.7 Å². The minimum absolute atomic E-state index is 0.162. The van der Waals surface area contributed by atoms with Crippen LogP contribution in [0.4, 0.5) is 4.79 Å². The van der Waals surface area contributed by atoms with E-state index in [1.54, 1.807) is 20.8 Å². The zero-order valence-corrected chi connectivity index (χ0v) is 14.8. The van der Waals surface area contributed by atoms with Crippen molar-refractivity contribution in [3.05, 3.63) is 12.7 Å². The molecule has 4 N–H and O–H groups in total. The smallest absolute Gasteiger partial charge is 0.408 e. The van der Waals surface area contributed by atoms with Crippen LogP contribution in [0.3, 0.4) is 0 Å². The van der Waals surface area contributed by atoms with E-state index in [1.165, 1.54) is 4.90 Å². The van der Waals surface area contributed by atoms with Gasteiger partial charge in [0.1, 0.15) is 17.7 Å². The summed E-state index contributed by atoms with van der Waals surface area (Å²) in [4.78, 5) is 48.9. The normalized spacial score (nSPS) is 18.2. The molecule has 140 valence electrons. The van der Waals surface area contributed by atoms with Crippen molar-refractivity contribution in [3.63, 3.8) is 0 Å². The van der Waals surface area contributed by atoms with Gasteiger partial charge in [-0.2, -0.15) is 0 Å². The van der Waals surface area contributed by atoms with Crippen LogP contribution in [0, 0.1) is 0 Å². The van der Waals surface area contributed by atoms with Crippen LogP contribution in [0.25, 0.3) is 0 Å². The molecule has 1 rings (SSSR count). The molecule has 2 atom stereocenters. The first-order valence-electron chi connectivity index (χ1n) is 8.04. The Bertz CT molecular complexity index is 555. The number of likely N-dealkylation sites (tertiary alicyclic amines) is 1. The molecule has 1 saturated heterocycles. The lowest BCUT2D eigenvalue weighted by Gasteiger charge is -2.28. The Balaban J connectivity index is 2.86. The first-order chi connectivity index (χ1) is 11.5. The number of nitrogens with two attached hydrogens (primary N) is 1. The Morgan fingerprint density at radius 3 is 2.52 bits per heavy atom. The molecule has 0 radical (unpaired) electrons. The van der Waals surface area contributed by atoms with Gasteiger partial charge in [0.2, 0.25) is 17.7 Å². The molecular formula is C16H26N4O5. The van der Waals surface area contributed by atoms with Crippen LogP contribution < -0.4 is 16.4 Å². The van der Waals surface area contributed by atoms with E-state index in [-0.39, 0.29) is 6.54 Å². The molecule has 0 saturated carbocycles. The summed E-state index contributed by atoms with van der Waals surface area (Å²) in [5.74, 6) is -1.59. The third-order valence-corrected chi connectivity index (χ3v) is 3.52. The Hall–Kier alpha value is -2.58. The van der Waals surface area contributed by atoms with Gasteiger partial charge in [-0.15, -0.1) is 0 Å². The van der Waals surface area contributed by atoms with Gasteiger partial charge in [0.25, 0.3) is 0 Å². The van der Waals surface area contributed by atoms with Gasteiger partial charge in [0, 0.05) is 13.1 Å². The van der Waals surface area contributed by atoms with E-state index in [9.17, 15) is 19.2 Å². The number of carbonyl (C=O) groups excluding carboxylic acids is 4. The highest BCUT2D eigenvalue weighted by atomic mass is 16.6. The molecule has 0 bridgehead atoms. The van der Waals surface area contributed by atoms with Gasteiger partial charge < -0.3 is 26.0 Å². The van der Waals surface area contributed by atoms with Gasteiger partial charge in [0.05, 0.1) is 0 Å². The largest absolute Gasteiger partial charge is 0.444 e. The topological polar surface area (TPSA) is 131 Å². The third kappa shape index (κ3) is 6.44. The predicted molar refractivity (Wildman–Crippen MR) is 90.3 cm³/mol. The second kappa shape index (κ2) is 8.50. The van der Waals surface area contributed by atoms with Crippen LogP contribution in [-0.4, -0.2) is 59.5 Å². The Morgan fingerprint density at radius 2 is 2.00 bits per heavy atom. The van der Waals surface area contributed by atoms with Crippen LogP contribution in [0.1, 0.15) is 33.6 Å². The van der Waals surface area contributed by atoms with Crippen molar-refractivity contribution in [1.29, 1.82) is 0 Å². The summed E-state index contributed by atoms with van der Waals surface area (Å²) in [6, 6.07) is -1.80. The number of nitrogens with one attached hydrogen (secondary N) is 2. The molecule has 9 nitrogen and oxygen atoms in total. The highest BCUT2D eigenvalue weighted by molar-refractivity contribution is 5.92. The number of ether oxygens (including phenoxy) is 1. The van der Waals surface area contributed by atoms with Gasteiger partial charge in [-0.25, -0.2) is 4.79 Å². The maximum atomic E-state index is 12.7. The maximum Gasteiger partial charge on any atom is 0.408 e. The molecule has 0 spiro atoms. The van der Waals surface area contributed by atoms with Crippen LogP contribution in [0.5, 0.6) is 0 Å². The summed E-state index contributed by atoms with van der Waals surface area (Å²) >= 11 is 0. The standard InChI is InChI=1S/C16H26N4O5/c1-5-12(21)18-9-10(19-15(24)25-16(2,3)4)14(23)20-8-6-7-11(20)13(17)22/h5,10-11H,1,6-9H2,2-4H3,(H2,17,22)(H,18,21)(H,19,24)/t10-,11?/m0/s1. The second-order valence-electron chi connectivity index (χ2n) is 6.74. The number of nitrogens with zero attached hydrogens (tertiary/aromatic N) is 1. The number of amides is 4. The van der Waals surface area contributed by atoms with Crippen LogP contribution in [-0.2, 0) is 19.1 Å². The monoisotopic (exact) mass is 354 g/mol. The summed E-state index contributed by atoms with van der Waals surface area (Å²) in [5.41, 5.74) is 4.58. The van der Waals surface area contributed by atoms with Crippen molar-refractivity contribution >= 4 is 23.8 Å². The van der Waals surface area contributed by atoms with E-state index in [0.717, 1.165) is 6.08 Å². The van der Waals surface area contributed by atoms with Crippen molar-refractivity contribution in [3.8, 4) is 0 Å². The fraction of sp³-hybridized carbons (Fsp3) is 0.625. The van der Waals surface area contributed by atoms with E-state index in [0.29, 0.717) is 19.4 Å². The van der Waals surface area contributed by atoms with Crippen molar-refractivity contribution < 1.29 is 23.9 Å². The van der Waals surface area contributed by atoms with E-state index in [1.807, 2.05) is 0 Å². The second-order valence-corrected chi connectivity index (χ2v) is 6.74. The summed E-state index contributed by atoms with van der Waals surface area (Å²) in [6.45, 7) is 8.58. The zero-order valence-electron chi connectivity index (χ0n) is 14.8. The molecule has 1 aliphatic heterocycles. The van der Waals surface area contributed by atoms with E-state index < -0.39 is 41.5 Å². The molecule has 0 aromatic heterocycles. The highest BCUT2D eigenvalue weighted by Crippen LogP contribution is 2.18. The fourth-order valence-electron chi connectivity index (χ4n) is 2.45. The molecule has 9 heteroatoms. The summed E-state index contributed by atoms with van der Waals surface area (Å²) in [6.07, 6.45) is 1.36. The van der Waals surface area contributed by atoms with Crippen LogP contribution in [0.2, 0.25) is 0 Å². The molecule has 0 aliphatic carbocycles. The molecule has 4 amide bonds. The molecular weight excluding hydrogens is 328 g/mol. The van der Waals surface area contributed by atoms with E-state index >= 15 is 0 Å². The first kappa shape index (κ1) is 20.5. The number of hydrogen-bond donors (Lipinski definition) is 3. The number of rotatable bonds is 6. The molecule has 1 heterocycles. The Morgan fingerprint density at radius 1 is 1.36 bits per heavy atom. The van der Waals surface area contributed by atoms with Gasteiger partial charge in [-0.3, -0.25) is 14.4 Å². The van der Waals surface area contributed by atoms with Crippen molar-refractivity contribution in [2.75, 3.05) is 13.1 Å². The summed E-state index contributed by atoms with van der Waals surface area (Å²) < 4.78 is 5.14.